The summed E-state index contributed by atoms with van der Waals surface area (Å²) in [4.78, 5) is 24.3. The number of carbonyl (C=O) groups excluding carboxylic acids is 2. The molecule has 24 heavy (non-hydrogen) atoms. The number of Topliss-reactive ketones (excluding diaryl/α,β-unsaturated/α-hetero) is 2. The molecule has 0 saturated heterocycles. The van der Waals surface area contributed by atoms with Gasteiger partial charge in [-0.05, 0) is 37.8 Å². The van der Waals surface area contributed by atoms with E-state index in [1.165, 1.54) is 5.69 Å². The average Bonchev–Trinajstić information content (AvgIpc) is 2.62. The summed E-state index contributed by atoms with van der Waals surface area (Å²) in [6.45, 7) is 0. The van der Waals surface area contributed by atoms with Crippen LogP contribution in [0.1, 0.15) is 61.0 Å². The molecule has 0 spiro atoms. The quantitative estimate of drug-likeness (QED) is 0.699. The maximum Gasteiger partial charge on any atom is 0.253 e. The Bertz CT molecular complexity index is 740. The molecule has 0 saturated carbocycles. The lowest BCUT2D eigenvalue weighted by Crippen LogP contribution is -2.68. The van der Waals surface area contributed by atoms with Crippen molar-refractivity contribution < 1.29 is 18.9 Å². The van der Waals surface area contributed by atoms with Crippen LogP contribution in [-0.2, 0) is 11.2 Å². The second kappa shape index (κ2) is 7.95. The summed E-state index contributed by atoms with van der Waals surface area (Å²) in [6.07, 6.45) is 12.1. The highest BCUT2D eigenvalue weighted by atomic mass is 16.1. The number of carbonyl (C=O) groups is 2. The first-order valence-electron chi connectivity index (χ1n) is 8.80. The van der Waals surface area contributed by atoms with E-state index in [-0.39, 0.29) is 5.78 Å². The van der Waals surface area contributed by atoms with E-state index in [0.717, 1.165) is 37.7 Å². The van der Waals surface area contributed by atoms with Crippen LogP contribution >= 0.6 is 0 Å². The highest BCUT2D eigenvalue weighted by Crippen LogP contribution is 2.10. The van der Waals surface area contributed by atoms with Gasteiger partial charge in [0, 0.05) is 43.9 Å². The van der Waals surface area contributed by atoms with E-state index >= 15 is 0 Å². The van der Waals surface area contributed by atoms with Gasteiger partial charge in [-0.2, -0.15) is 0 Å². The molecule has 1 aliphatic rings. The second-order valence-corrected chi connectivity index (χ2v) is 6.39. The third-order valence-corrected chi connectivity index (χ3v) is 4.53. The van der Waals surface area contributed by atoms with E-state index in [9.17, 15) is 9.59 Å². The third-order valence-electron chi connectivity index (χ3n) is 4.53. The van der Waals surface area contributed by atoms with Gasteiger partial charge >= 0.3 is 0 Å². The van der Waals surface area contributed by atoms with Crippen molar-refractivity contribution >= 4 is 11.6 Å². The lowest BCUT2D eigenvalue weighted by atomic mass is 10.0. The molecule has 0 aliphatic carbocycles. The molecule has 0 unspecified atom stereocenters. The number of nitrogens with zero attached hydrogens (tertiary/aromatic N) is 2. The SMILES string of the molecule is O=C1CCCCC(=O)c2ccc[n+](c2)-[n+]2ccccc2CCCC1. The van der Waals surface area contributed by atoms with Crippen LogP contribution in [0, 0.1) is 0 Å². The van der Waals surface area contributed by atoms with E-state index in [1.807, 2.05) is 47.5 Å². The van der Waals surface area contributed by atoms with Gasteiger partial charge in [-0.1, -0.05) is 0 Å². The molecule has 124 valence electrons. The van der Waals surface area contributed by atoms with E-state index in [2.05, 4.69) is 10.7 Å². The Labute approximate surface area is 142 Å². The molecule has 3 heterocycles. The van der Waals surface area contributed by atoms with E-state index in [4.69, 9.17) is 0 Å². The second-order valence-electron chi connectivity index (χ2n) is 6.39. The summed E-state index contributed by atoms with van der Waals surface area (Å²) in [6, 6.07) is 9.90. The molecule has 0 amide bonds. The molecule has 0 fully saturated rings. The van der Waals surface area contributed by atoms with Crippen LogP contribution in [0.25, 0.3) is 0 Å². The highest BCUT2D eigenvalue weighted by molar-refractivity contribution is 5.95. The first-order chi connectivity index (χ1) is 11.7. The van der Waals surface area contributed by atoms with Crippen LogP contribution in [0.5, 0.6) is 0 Å². The molecule has 3 rings (SSSR count). The number of aromatic nitrogens is 2. The van der Waals surface area contributed by atoms with Gasteiger partial charge in [0.05, 0.1) is 14.9 Å². The highest BCUT2D eigenvalue weighted by Gasteiger charge is 2.21. The minimum Gasteiger partial charge on any atom is -0.300 e. The van der Waals surface area contributed by atoms with Crippen LogP contribution in [0.4, 0.5) is 0 Å². The van der Waals surface area contributed by atoms with Crippen LogP contribution in [0.2, 0.25) is 0 Å². The number of hydrogen-bond acceptors (Lipinski definition) is 2. The number of hydrogen-bond donors (Lipinski definition) is 0. The summed E-state index contributed by atoms with van der Waals surface area (Å²) in [5, 5.41) is 0. The standard InChI is InChI=1S/C20H24N2O2/c23-19-11-2-1-9-18-10-5-6-15-22(18)21-14-7-8-17(16-21)20(24)13-4-3-12-19/h5-8,10,14-16H,1-4,9,11-13H2/q+2. The maximum absolute atomic E-state index is 12.4. The Balaban J connectivity index is 1.92. The van der Waals surface area contributed by atoms with E-state index in [1.54, 1.807) is 0 Å². The fourth-order valence-corrected chi connectivity index (χ4v) is 3.16. The van der Waals surface area contributed by atoms with Crippen LogP contribution in [0.15, 0.2) is 48.9 Å². The number of ketones is 2. The molecule has 2 aromatic rings. The number of rotatable bonds is 0. The van der Waals surface area contributed by atoms with Gasteiger partial charge in [-0.3, -0.25) is 9.59 Å². The smallest absolute Gasteiger partial charge is 0.253 e. The fourth-order valence-electron chi connectivity index (χ4n) is 3.16. The predicted octanol–water partition coefficient (Wildman–Crippen LogP) is 2.61. The molecule has 4 nitrogen and oxygen atoms in total. The van der Waals surface area contributed by atoms with Gasteiger partial charge in [0.15, 0.2) is 5.78 Å². The minimum atomic E-state index is 0.143. The Morgan fingerprint density at radius 1 is 0.750 bits per heavy atom. The van der Waals surface area contributed by atoms with Crippen molar-refractivity contribution in [1.82, 2.24) is 0 Å². The maximum atomic E-state index is 12.4. The molecular weight excluding hydrogens is 300 g/mol. The largest absolute Gasteiger partial charge is 0.300 e. The first-order valence-corrected chi connectivity index (χ1v) is 8.80. The average molecular weight is 324 g/mol. The van der Waals surface area contributed by atoms with Crippen molar-refractivity contribution in [3.8, 4) is 0 Å². The Morgan fingerprint density at radius 2 is 1.50 bits per heavy atom. The molecule has 0 atom stereocenters. The predicted molar refractivity (Wildman–Crippen MR) is 89.4 cm³/mol. The normalized spacial score (nSPS) is 16.8. The van der Waals surface area contributed by atoms with Crippen molar-refractivity contribution in [3.63, 3.8) is 0 Å². The summed E-state index contributed by atoms with van der Waals surface area (Å²) < 4.78 is 4.03. The molecule has 2 aromatic heterocycles. The molecule has 4 heteroatoms. The van der Waals surface area contributed by atoms with Crippen molar-refractivity contribution in [3.05, 3.63) is 60.2 Å². The number of pyridine rings is 2. The summed E-state index contributed by atoms with van der Waals surface area (Å²) in [5.41, 5.74) is 1.90. The zero-order valence-corrected chi connectivity index (χ0v) is 14.0. The lowest BCUT2D eigenvalue weighted by Gasteiger charge is -2.00. The minimum absolute atomic E-state index is 0.143. The van der Waals surface area contributed by atoms with Crippen LogP contribution < -0.4 is 9.35 Å². The Kier molecular flexibility index (Phi) is 5.47. The van der Waals surface area contributed by atoms with Gasteiger partial charge in [0.1, 0.15) is 5.78 Å². The van der Waals surface area contributed by atoms with Crippen molar-refractivity contribution in [2.75, 3.05) is 0 Å². The number of aryl methyl sites for hydroxylation is 1. The van der Waals surface area contributed by atoms with Crippen molar-refractivity contribution in [2.24, 2.45) is 0 Å². The molecule has 0 aromatic carbocycles. The first kappa shape index (κ1) is 16.5. The van der Waals surface area contributed by atoms with Crippen molar-refractivity contribution in [2.45, 2.75) is 51.4 Å². The Morgan fingerprint density at radius 3 is 2.33 bits per heavy atom. The Hall–Kier alpha value is -2.36. The molecular formula is C20H24N2O2+2. The third kappa shape index (κ3) is 4.13. The molecule has 2 bridgehead atoms. The zero-order chi connectivity index (χ0) is 16.8. The number of fused-ring (bicyclic) bond motifs is 4. The van der Waals surface area contributed by atoms with Gasteiger partial charge < -0.3 is 0 Å². The summed E-state index contributed by atoms with van der Waals surface area (Å²) >= 11 is 0. The van der Waals surface area contributed by atoms with Crippen LogP contribution in [0.3, 0.4) is 0 Å². The zero-order valence-electron chi connectivity index (χ0n) is 14.0. The molecule has 0 radical (unpaired) electrons. The monoisotopic (exact) mass is 324 g/mol. The topological polar surface area (TPSA) is 41.9 Å². The van der Waals surface area contributed by atoms with Crippen LogP contribution in [-0.4, -0.2) is 11.6 Å². The molecule has 0 N–H and O–H groups in total. The van der Waals surface area contributed by atoms with Gasteiger partial charge in [0.2, 0.25) is 12.4 Å². The van der Waals surface area contributed by atoms with E-state index in [0.29, 0.717) is 25.0 Å². The fraction of sp³-hybridized carbons (Fsp3) is 0.400. The molecule has 1 aliphatic heterocycles. The van der Waals surface area contributed by atoms with E-state index < -0.39 is 0 Å². The van der Waals surface area contributed by atoms with Gasteiger partial charge in [-0.25, -0.2) is 0 Å². The van der Waals surface area contributed by atoms with Crippen molar-refractivity contribution in [1.29, 1.82) is 0 Å². The van der Waals surface area contributed by atoms with Gasteiger partial charge in [-0.15, -0.1) is 0 Å². The summed E-state index contributed by atoms with van der Waals surface area (Å²) in [7, 11) is 0. The summed E-state index contributed by atoms with van der Waals surface area (Å²) in [5.74, 6) is 0.470. The van der Waals surface area contributed by atoms with Gasteiger partial charge in [0.25, 0.3) is 11.9 Å². The lowest BCUT2D eigenvalue weighted by molar-refractivity contribution is -1.30.